The van der Waals surface area contributed by atoms with Gasteiger partial charge in [0.15, 0.2) is 0 Å². The summed E-state index contributed by atoms with van der Waals surface area (Å²) in [7, 11) is 0. The minimum Gasteiger partial charge on any atom is -0.361 e. The van der Waals surface area contributed by atoms with Crippen molar-refractivity contribution < 1.29 is 9.59 Å². The van der Waals surface area contributed by atoms with Crippen molar-refractivity contribution in [3.05, 3.63) is 36.0 Å². The van der Waals surface area contributed by atoms with Crippen LogP contribution in [-0.4, -0.2) is 29.4 Å². The summed E-state index contributed by atoms with van der Waals surface area (Å²) in [4.78, 5) is 28.4. The van der Waals surface area contributed by atoms with Crippen molar-refractivity contribution in [1.82, 2.24) is 15.6 Å². The number of H-pyrrole nitrogens is 1. The van der Waals surface area contributed by atoms with E-state index in [4.69, 9.17) is 0 Å². The normalized spacial score (nSPS) is 23.0. The largest absolute Gasteiger partial charge is 0.361 e. The molecule has 1 aromatic heterocycles. The number of nitrogens with one attached hydrogen (secondary N) is 3. The SMILES string of the molecule is O=C(NCCc1c[nH]c2ccccc12)C1CCC(C(=O)NC2CCCCC2)CC1. The van der Waals surface area contributed by atoms with Crippen molar-refractivity contribution in [2.45, 2.75) is 70.3 Å². The summed E-state index contributed by atoms with van der Waals surface area (Å²) in [5.41, 5.74) is 2.38. The molecule has 0 unspecified atom stereocenters. The highest BCUT2D eigenvalue weighted by atomic mass is 16.2. The number of hydrogen-bond acceptors (Lipinski definition) is 2. The van der Waals surface area contributed by atoms with Gasteiger partial charge in [-0.3, -0.25) is 9.59 Å². The molecule has 1 heterocycles. The van der Waals surface area contributed by atoms with Crippen molar-refractivity contribution >= 4 is 22.7 Å². The molecule has 0 saturated heterocycles. The van der Waals surface area contributed by atoms with Gasteiger partial charge >= 0.3 is 0 Å². The Bertz CT molecular complexity index is 830. The van der Waals surface area contributed by atoms with E-state index in [1.165, 1.54) is 30.2 Å². The van der Waals surface area contributed by atoms with E-state index < -0.39 is 0 Å². The maximum absolute atomic E-state index is 12.6. The fraction of sp³-hybridized carbons (Fsp3) is 0.583. The summed E-state index contributed by atoms with van der Waals surface area (Å²) in [5.74, 6) is 0.509. The Morgan fingerprint density at radius 3 is 2.34 bits per heavy atom. The fourth-order valence-electron chi connectivity index (χ4n) is 4.99. The Morgan fingerprint density at radius 2 is 1.59 bits per heavy atom. The first-order valence-electron chi connectivity index (χ1n) is 11.3. The van der Waals surface area contributed by atoms with Crippen LogP contribution in [0, 0.1) is 11.8 Å². The maximum Gasteiger partial charge on any atom is 0.223 e. The van der Waals surface area contributed by atoms with Crippen molar-refractivity contribution in [2.24, 2.45) is 11.8 Å². The van der Waals surface area contributed by atoms with E-state index in [1.54, 1.807) is 0 Å². The minimum absolute atomic E-state index is 0.0525. The molecule has 5 heteroatoms. The molecule has 0 atom stereocenters. The summed E-state index contributed by atoms with van der Waals surface area (Å²) in [5, 5.41) is 7.59. The molecule has 2 aliphatic rings. The summed E-state index contributed by atoms with van der Waals surface area (Å²) in [6.07, 6.45) is 12.2. The standard InChI is InChI=1S/C24H33N3O2/c28-23(25-15-14-19-16-26-22-9-5-4-8-21(19)22)17-10-12-18(13-11-17)24(29)27-20-6-2-1-3-7-20/h4-5,8-9,16-18,20,26H,1-3,6-7,10-15H2,(H,25,28)(H,27,29). The lowest BCUT2D eigenvalue weighted by molar-refractivity contribution is -0.131. The van der Waals surface area contributed by atoms with Gasteiger partial charge < -0.3 is 15.6 Å². The molecular formula is C24H33N3O2. The van der Waals surface area contributed by atoms with Crippen molar-refractivity contribution in [3.63, 3.8) is 0 Å². The van der Waals surface area contributed by atoms with Crippen LogP contribution in [-0.2, 0) is 16.0 Å². The van der Waals surface area contributed by atoms with Crippen LogP contribution in [0.5, 0.6) is 0 Å². The quantitative estimate of drug-likeness (QED) is 0.689. The zero-order chi connectivity index (χ0) is 20.1. The number of fused-ring (bicyclic) bond motifs is 1. The number of amides is 2. The molecule has 0 bridgehead atoms. The van der Waals surface area contributed by atoms with Crippen LogP contribution in [0.25, 0.3) is 10.9 Å². The van der Waals surface area contributed by atoms with Gasteiger partial charge in [-0.2, -0.15) is 0 Å². The van der Waals surface area contributed by atoms with E-state index in [0.717, 1.165) is 50.5 Å². The van der Waals surface area contributed by atoms with Crippen LogP contribution in [0.1, 0.15) is 63.4 Å². The van der Waals surface area contributed by atoms with E-state index in [0.29, 0.717) is 12.6 Å². The molecule has 2 aromatic rings. The van der Waals surface area contributed by atoms with Crippen LogP contribution < -0.4 is 10.6 Å². The maximum atomic E-state index is 12.6. The van der Waals surface area contributed by atoms with Crippen molar-refractivity contribution in [3.8, 4) is 0 Å². The number of aromatic amines is 1. The van der Waals surface area contributed by atoms with E-state index >= 15 is 0 Å². The van der Waals surface area contributed by atoms with Crippen LogP contribution in [0.4, 0.5) is 0 Å². The first kappa shape index (κ1) is 20.0. The van der Waals surface area contributed by atoms with E-state index in [9.17, 15) is 9.59 Å². The number of benzene rings is 1. The molecule has 2 fully saturated rings. The second-order valence-corrected chi connectivity index (χ2v) is 8.79. The molecule has 1 aromatic carbocycles. The number of rotatable bonds is 6. The highest BCUT2D eigenvalue weighted by Gasteiger charge is 2.30. The number of carbonyl (C=O) groups is 2. The second-order valence-electron chi connectivity index (χ2n) is 8.79. The Morgan fingerprint density at radius 1 is 0.897 bits per heavy atom. The summed E-state index contributed by atoms with van der Waals surface area (Å²) >= 11 is 0. The Balaban J connectivity index is 1.18. The Hall–Kier alpha value is -2.30. The smallest absolute Gasteiger partial charge is 0.223 e. The summed E-state index contributed by atoms with van der Waals surface area (Å²) in [6, 6.07) is 8.63. The van der Waals surface area contributed by atoms with Gasteiger partial charge in [0, 0.05) is 41.5 Å². The average molecular weight is 396 g/mol. The molecule has 2 aliphatic carbocycles. The molecule has 156 valence electrons. The Labute approximate surface area is 173 Å². The van der Waals surface area contributed by atoms with Gasteiger partial charge in [-0.05, 0) is 56.6 Å². The Kier molecular flexibility index (Phi) is 6.53. The molecule has 3 N–H and O–H groups in total. The zero-order valence-corrected chi connectivity index (χ0v) is 17.2. The lowest BCUT2D eigenvalue weighted by Crippen LogP contribution is -2.42. The third kappa shape index (κ3) is 5.01. The number of para-hydroxylation sites is 1. The van der Waals surface area contributed by atoms with E-state index in [-0.39, 0.29) is 23.7 Å². The van der Waals surface area contributed by atoms with E-state index in [2.05, 4.69) is 27.8 Å². The second kappa shape index (κ2) is 9.47. The van der Waals surface area contributed by atoms with Crippen LogP contribution in [0.2, 0.25) is 0 Å². The molecule has 4 rings (SSSR count). The molecular weight excluding hydrogens is 362 g/mol. The highest BCUT2D eigenvalue weighted by Crippen LogP contribution is 2.30. The number of aromatic nitrogens is 1. The molecule has 0 aliphatic heterocycles. The molecule has 2 amide bonds. The van der Waals surface area contributed by atoms with Crippen LogP contribution in [0.15, 0.2) is 30.5 Å². The predicted molar refractivity (Wildman–Crippen MR) is 115 cm³/mol. The number of carbonyl (C=O) groups excluding carboxylic acids is 2. The molecule has 5 nitrogen and oxygen atoms in total. The van der Waals surface area contributed by atoms with Gasteiger partial charge in [-0.15, -0.1) is 0 Å². The van der Waals surface area contributed by atoms with Crippen molar-refractivity contribution in [1.29, 1.82) is 0 Å². The minimum atomic E-state index is 0.0525. The van der Waals surface area contributed by atoms with Crippen molar-refractivity contribution in [2.75, 3.05) is 6.54 Å². The van der Waals surface area contributed by atoms with Gasteiger partial charge in [0.25, 0.3) is 0 Å². The lowest BCUT2D eigenvalue weighted by atomic mass is 9.81. The zero-order valence-electron chi connectivity index (χ0n) is 17.2. The summed E-state index contributed by atoms with van der Waals surface area (Å²) in [6.45, 7) is 0.656. The van der Waals surface area contributed by atoms with Gasteiger partial charge in [0.05, 0.1) is 0 Å². The van der Waals surface area contributed by atoms with Crippen LogP contribution in [0.3, 0.4) is 0 Å². The molecule has 0 spiro atoms. The average Bonchev–Trinajstić information content (AvgIpc) is 3.18. The van der Waals surface area contributed by atoms with Gasteiger partial charge in [0.2, 0.25) is 11.8 Å². The topological polar surface area (TPSA) is 74.0 Å². The fourth-order valence-corrected chi connectivity index (χ4v) is 4.99. The third-order valence-electron chi connectivity index (χ3n) is 6.79. The molecule has 2 saturated carbocycles. The molecule has 29 heavy (non-hydrogen) atoms. The van der Waals surface area contributed by atoms with Gasteiger partial charge in [0.1, 0.15) is 0 Å². The van der Waals surface area contributed by atoms with Gasteiger partial charge in [-0.25, -0.2) is 0 Å². The monoisotopic (exact) mass is 395 g/mol. The first-order valence-corrected chi connectivity index (χ1v) is 11.3. The molecule has 0 radical (unpaired) electrons. The third-order valence-corrected chi connectivity index (χ3v) is 6.79. The predicted octanol–water partition coefficient (Wildman–Crippen LogP) is 4.08. The number of hydrogen-bond donors (Lipinski definition) is 3. The van der Waals surface area contributed by atoms with Crippen LogP contribution >= 0.6 is 0 Å². The summed E-state index contributed by atoms with van der Waals surface area (Å²) < 4.78 is 0. The van der Waals surface area contributed by atoms with Gasteiger partial charge in [-0.1, -0.05) is 37.5 Å². The highest BCUT2D eigenvalue weighted by molar-refractivity contribution is 5.83. The first-order chi connectivity index (χ1) is 14.2. The van der Waals surface area contributed by atoms with E-state index in [1.807, 2.05) is 18.3 Å². The lowest BCUT2D eigenvalue weighted by Gasteiger charge is -2.29.